The van der Waals surface area contributed by atoms with Gasteiger partial charge in [-0.15, -0.1) is 0 Å². The summed E-state index contributed by atoms with van der Waals surface area (Å²) in [5.74, 6) is 0.383. The topological polar surface area (TPSA) is 35.5 Å². The van der Waals surface area contributed by atoms with Crippen molar-refractivity contribution in [2.75, 3.05) is 26.2 Å². The van der Waals surface area contributed by atoms with E-state index in [2.05, 4.69) is 24.1 Å². The second-order valence-corrected chi connectivity index (χ2v) is 4.74. The molecule has 0 aromatic heterocycles. The van der Waals surface area contributed by atoms with E-state index in [1.165, 1.54) is 12.0 Å². The van der Waals surface area contributed by atoms with E-state index >= 15 is 0 Å². The van der Waals surface area contributed by atoms with Gasteiger partial charge in [-0.25, -0.2) is 0 Å². The van der Waals surface area contributed by atoms with Crippen LogP contribution in [-0.2, 0) is 6.54 Å². The summed E-state index contributed by atoms with van der Waals surface area (Å²) >= 11 is 0. The summed E-state index contributed by atoms with van der Waals surface area (Å²) in [4.78, 5) is 2.43. The third kappa shape index (κ3) is 5.07. The first-order valence-electron chi connectivity index (χ1n) is 6.89. The highest BCUT2D eigenvalue weighted by Gasteiger charge is 2.02. The standard InChI is InChI=1S/C15H26N2O/c1-4-9-17(5-2)10-8-16-12-14-11-13(3)6-7-15(14)18/h6-7,11,16,18H,4-5,8-10,12H2,1-3H3. The highest BCUT2D eigenvalue weighted by atomic mass is 16.3. The average Bonchev–Trinajstić information content (AvgIpc) is 2.37. The summed E-state index contributed by atoms with van der Waals surface area (Å²) in [5.41, 5.74) is 2.17. The van der Waals surface area contributed by atoms with Crippen molar-refractivity contribution in [1.82, 2.24) is 10.2 Å². The predicted molar refractivity (Wildman–Crippen MR) is 77.0 cm³/mol. The molecule has 1 aromatic carbocycles. The SMILES string of the molecule is CCCN(CC)CCNCc1cc(C)ccc1O. The summed E-state index contributed by atoms with van der Waals surface area (Å²) < 4.78 is 0. The van der Waals surface area contributed by atoms with Crippen LogP contribution in [0.15, 0.2) is 18.2 Å². The van der Waals surface area contributed by atoms with Crippen LogP contribution < -0.4 is 5.32 Å². The molecule has 1 aromatic rings. The first-order valence-corrected chi connectivity index (χ1v) is 6.89. The first-order chi connectivity index (χ1) is 8.67. The van der Waals surface area contributed by atoms with E-state index in [0.717, 1.165) is 38.3 Å². The second-order valence-electron chi connectivity index (χ2n) is 4.74. The molecule has 3 heteroatoms. The number of likely N-dealkylation sites (N-methyl/N-ethyl adjacent to an activating group) is 1. The number of phenols is 1. The Morgan fingerprint density at radius 2 is 2.00 bits per heavy atom. The van der Waals surface area contributed by atoms with Crippen LogP contribution in [0.2, 0.25) is 0 Å². The Bertz CT molecular complexity index is 352. The van der Waals surface area contributed by atoms with E-state index in [-0.39, 0.29) is 0 Å². The molecular formula is C15H26N2O. The minimum Gasteiger partial charge on any atom is -0.508 e. The monoisotopic (exact) mass is 250 g/mol. The molecule has 0 radical (unpaired) electrons. The van der Waals surface area contributed by atoms with E-state index < -0.39 is 0 Å². The molecule has 0 saturated carbocycles. The normalized spacial score (nSPS) is 11.1. The van der Waals surface area contributed by atoms with Crippen LogP contribution in [-0.4, -0.2) is 36.2 Å². The van der Waals surface area contributed by atoms with Crippen molar-refractivity contribution >= 4 is 0 Å². The second kappa shape index (κ2) is 8.11. The van der Waals surface area contributed by atoms with Gasteiger partial charge in [0.1, 0.15) is 5.75 Å². The molecule has 0 aliphatic carbocycles. The zero-order chi connectivity index (χ0) is 13.4. The fourth-order valence-corrected chi connectivity index (χ4v) is 2.06. The quantitative estimate of drug-likeness (QED) is 0.696. The molecule has 102 valence electrons. The van der Waals surface area contributed by atoms with Gasteiger partial charge in [0.25, 0.3) is 0 Å². The van der Waals surface area contributed by atoms with Gasteiger partial charge >= 0.3 is 0 Å². The van der Waals surface area contributed by atoms with Gasteiger partial charge < -0.3 is 15.3 Å². The van der Waals surface area contributed by atoms with Gasteiger partial charge in [-0.2, -0.15) is 0 Å². The number of nitrogens with one attached hydrogen (secondary N) is 1. The Labute approximate surface area is 111 Å². The van der Waals surface area contributed by atoms with E-state index in [1.807, 2.05) is 19.1 Å². The third-order valence-corrected chi connectivity index (χ3v) is 3.14. The number of rotatable bonds is 8. The number of aryl methyl sites for hydroxylation is 1. The molecule has 2 N–H and O–H groups in total. The Hall–Kier alpha value is -1.06. The predicted octanol–water partition coefficient (Wildman–Crippen LogP) is 2.52. The highest BCUT2D eigenvalue weighted by Crippen LogP contribution is 2.17. The van der Waals surface area contributed by atoms with Gasteiger partial charge in [-0.1, -0.05) is 31.5 Å². The summed E-state index contributed by atoms with van der Waals surface area (Å²) in [5, 5.41) is 13.1. The minimum absolute atomic E-state index is 0.383. The minimum atomic E-state index is 0.383. The molecule has 0 amide bonds. The highest BCUT2D eigenvalue weighted by molar-refractivity contribution is 5.35. The van der Waals surface area contributed by atoms with Crippen molar-refractivity contribution in [2.45, 2.75) is 33.7 Å². The maximum atomic E-state index is 9.72. The molecule has 0 fully saturated rings. The van der Waals surface area contributed by atoms with Crippen LogP contribution in [0.5, 0.6) is 5.75 Å². The Morgan fingerprint density at radius 3 is 2.67 bits per heavy atom. The maximum Gasteiger partial charge on any atom is 0.120 e. The zero-order valence-corrected chi connectivity index (χ0v) is 11.9. The molecule has 3 nitrogen and oxygen atoms in total. The molecule has 0 bridgehead atoms. The fraction of sp³-hybridized carbons (Fsp3) is 0.600. The van der Waals surface area contributed by atoms with Crippen LogP contribution in [0.4, 0.5) is 0 Å². The van der Waals surface area contributed by atoms with Crippen molar-refractivity contribution < 1.29 is 5.11 Å². The van der Waals surface area contributed by atoms with Gasteiger partial charge in [-0.05, 0) is 32.5 Å². The van der Waals surface area contributed by atoms with Crippen molar-refractivity contribution in [3.05, 3.63) is 29.3 Å². The van der Waals surface area contributed by atoms with E-state index in [4.69, 9.17) is 0 Å². The lowest BCUT2D eigenvalue weighted by atomic mass is 10.1. The van der Waals surface area contributed by atoms with Gasteiger partial charge in [0.05, 0.1) is 0 Å². The number of hydrogen-bond donors (Lipinski definition) is 2. The Balaban J connectivity index is 2.31. The summed E-state index contributed by atoms with van der Waals surface area (Å²) in [6.45, 7) is 11.5. The number of benzene rings is 1. The molecular weight excluding hydrogens is 224 g/mol. The lowest BCUT2D eigenvalue weighted by molar-refractivity contribution is 0.287. The lowest BCUT2D eigenvalue weighted by Crippen LogP contribution is -2.32. The van der Waals surface area contributed by atoms with Gasteiger partial charge in [0.15, 0.2) is 0 Å². The van der Waals surface area contributed by atoms with Crippen LogP contribution >= 0.6 is 0 Å². The van der Waals surface area contributed by atoms with Crippen molar-refractivity contribution in [1.29, 1.82) is 0 Å². The van der Waals surface area contributed by atoms with Crippen LogP contribution in [0.1, 0.15) is 31.4 Å². The van der Waals surface area contributed by atoms with Gasteiger partial charge in [0.2, 0.25) is 0 Å². The van der Waals surface area contributed by atoms with E-state index in [0.29, 0.717) is 5.75 Å². The molecule has 0 spiro atoms. The van der Waals surface area contributed by atoms with Crippen LogP contribution in [0, 0.1) is 6.92 Å². The molecule has 0 aliphatic rings. The molecule has 1 rings (SSSR count). The Morgan fingerprint density at radius 1 is 1.22 bits per heavy atom. The number of phenolic OH excluding ortho intramolecular Hbond substituents is 1. The van der Waals surface area contributed by atoms with Gasteiger partial charge in [-0.3, -0.25) is 0 Å². The zero-order valence-electron chi connectivity index (χ0n) is 11.9. The molecule has 0 unspecified atom stereocenters. The summed E-state index contributed by atoms with van der Waals surface area (Å²) in [6.07, 6.45) is 1.20. The largest absolute Gasteiger partial charge is 0.508 e. The van der Waals surface area contributed by atoms with Gasteiger partial charge in [0, 0.05) is 25.2 Å². The number of nitrogens with zero attached hydrogens (tertiary/aromatic N) is 1. The molecule has 0 aliphatic heterocycles. The van der Waals surface area contributed by atoms with Crippen LogP contribution in [0.3, 0.4) is 0 Å². The molecule has 18 heavy (non-hydrogen) atoms. The van der Waals surface area contributed by atoms with Crippen molar-refractivity contribution in [3.63, 3.8) is 0 Å². The number of aromatic hydroxyl groups is 1. The fourth-order valence-electron chi connectivity index (χ4n) is 2.06. The molecule has 0 saturated heterocycles. The number of hydrogen-bond acceptors (Lipinski definition) is 3. The maximum absolute atomic E-state index is 9.72. The summed E-state index contributed by atoms with van der Waals surface area (Å²) in [6, 6.07) is 5.73. The summed E-state index contributed by atoms with van der Waals surface area (Å²) in [7, 11) is 0. The van der Waals surface area contributed by atoms with Crippen molar-refractivity contribution in [3.8, 4) is 5.75 Å². The van der Waals surface area contributed by atoms with Crippen molar-refractivity contribution in [2.24, 2.45) is 0 Å². The molecule has 0 atom stereocenters. The van der Waals surface area contributed by atoms with E-state index in [9.17, 15) is 5.11 Å². The Kier molecular flexibility index (Phi) is 6.76. The first kappa shape index (κ1) is 15.0. The smallest absolute Gasteiger partial charge is 0.120 e. The van der Waals surface area contributed by atoms with Crippen LogP contribution in [0.25, 0.3) is 0 Å². The van der Waals surface area contributed by atoms with E-state index in [1.54, 1.807) is 6.07 Å². The third-order valence-electron chi connectivity index (χ3n) is 3.14. The molecule has 0 heterocycles. The lowest BCUT2D eigenvalue weighted by Gasteiger charge is -2.19. The average molecular weight is 250 g/mol.